The topological polar surface area (TPSA) is 82.1 Å². The zero-order valence-corrected chi connectivity index (χ0v) is 15.5. The van der Waals surface area contributed by atoms with E-state index in [-0.39, 0.29) is 0 Å². The van der Waals surface area contributed by atoms with Gasteiger partial charge in [-0.2, -0.15) is 0 Å². The molecule has 1 fully saturated rings. The van der Waals surface area contributed by atoms with E-state index in [1.165, 1.54) is 5.56 Å². The van der Waals surface area contributed by atoms with Crippen molar-refractivity contribution in [1.82, 2.24) is 15.1 Å². The normalized spacial score (nSPS) is 18.0. The van der Waals surface area contributed by atoms with Crippen LogP contribution < -0.4 is 10.1 Å². The summed E-state index contributed by atoms with van der Waals surface area (Å²) >= 11 is 0. The molecule has 1 atom stereocenters. The number of rotatable bonds is 6. The highest BCUT2D eigenvalue weighted by atomic mass is 16.5. The van der Waals surface area contributed by atoms with Gasteiger partial charge in [0.15, 0.2) is 0 Å². The maximum absolute atomic E-state index is 12.8. The van der Waals surface area contributed by atoms with Gasteiger partial charge in [0.25, 0.3) is 5.91 Å². The van der Waals surface area contributed by atoms with E-state index in [0.29, 0.717) is 30.4 Å². The Labute approximate surface area is 162 Å². The van der Waals surface area contributed by atoms with Gasteiger partial charge in [-0.1, -0.05) is 42.5 Å². The van der Waals surface area contributed by atoms with E-state index in [9.17, 15) is 14.7 Å². The van der Waals surface area contributed by atoms with Crippen molar-refractivity contribution in [3.8, 4) is 5.75 Å². The van der Waals surface area contributed by atoms with Crippen LogP contribution in [-0.2, 0) is 11.2 Å². The third-order valence-electron chi connectivity index (χ3n) is 5.09. The van der Waals surface area contributed by atoms with Crippen LogP contribution in [0.15, 0.2) is 66.1 Å². The third-order valence-corrected chi connectivity index (χ3v) is 5.09. The minimum Gasteiger partial charge on any atom is -0.497 e. The van der Waals surface area contributed by atoms with Gasteiger partial charge in [-0.15, -0.1) is 0 Å². The number of carbonyl (C=O) groups is 2. The molecule has 144 valence electrons. The zero-order chi connectivity index (χ0) is 19.7. The summed E-state index contributed by atoms with van der Waals surface area (Å²) in [5, 5.41) is 12.9. The number of hydrogen-bond donors (Lipinski definition) is 2. The van der Waals surface area contributed by atoms with E-state index in [2.05, 4.69) is 17.4 Å². The van der Waals surface area contributed by atoms with Gasteiger partial charge in [-0.05, 0) is 29.7 Å². The summed E-state index contributed by atoms with van der Waals surface area (Å²) < 4.78 is 5.17. The number of methoxy groups -OCH3 is 1. The number of benzene rings is 2. The number of carbonyl (C=O) groups excluding carboxylic acids is 1. The molecule has 0 spiro atoms. The van der Waals surface area contributed by atoms with E-state index in [1.807, 2.05) is 23.1 Å². The van der Waals surface area contributed by atoms with Gasteiger partial charge in [-0.25, -0.2) is 9.69 Å². The van der Waals surface area contributed by atoms with Crippen LogP contribution in [0.5, 0.6) is 5.75 Å². The fourth-order valence-electron chi connectivity index (χ4n) is 3.67. The molecular formula is C21H21N3O4. The lowest BCUT2D eigenvalue weighted by molar-refractivity contribution is -0.139. The Balaban J connectivity index is 1.56. The molecule has 5 rings (SSSR count). The number of carboxylic acid groups (broad SMARTS) is 1. The van der Waals surface area contributed by atoms with Crippen LogP contribution in [0.4, 0.5) is 4.79 Å². The number of ether oxygens (including phenoxy) is 1. The lowest BCUT2D eigenvalue weighted by Gasteiger charge is -2.51. The Hall–Kier alpha value is -3.48. The van der Waals surface area contributed by atoms with Crippen LogP contribution in [0.1, 0.15) is 17.2 Å². The fourth-order valence-corrected chi connectivity index (χ4v) is 3.67. The highest BCUT2D eigenvalue weighted by molar-refractivity contribution is 5.99. The zero-order valence-electron chi connectivity index (χ0n) is 15.5. The van der Waals surface area contributed by atoms with E-state index < -0.39 is 18.0 Å². The molecular weight excluding hydrogens is 358 g/mol. The summed E-state index contributed by atoms with van der Waals surface area (Å²) in [5.41, 5.74) is 2.44. The molecule has 3 aliphatic heterocycles. The average molecular weight is 379 g/mol. The summed E-state index contributed by atoms with van der Waals surface area (Å²) in [6, 6.07) is 16.5. The Morgan fingerprint density at radius 3 is 2.54 bits per heavy atom. The molecule has 3 heterocycles. The number of imide groups is 1. The Kier molecular flexibility index (Phi) is 4.65. The van der Waals surface area contributed by atoms with Crippen molar-refractivity contribution < 1.29 is 19.4 Å². The minimum absolute atomic E-state index is 0.419. The summed E-state index contributed by atoms with van der Waals surface area (Å²) in [6.45, 7) is 1.07. The van der Waals surface area contributed by atoms with Crippen molar-refractivity contribution in [2.24, 2.45) is 0 Å². The van der Waals surface area contributed by atoms with Crippen molar-refractivity contribution in [3.05, 3.63) is 77.2 Å². The van der Waals surface area contributed by atoms with Crippen molar-refractivity contribution in [2.45, 2.75) is 12.5 Å². The molecule has 28 heavy (non-hydrogen) atoms. The molecule has 2 N–H and O–H groups in total. The molecule has 1 unspecified atom stereocenters. The summed E-state index contributed by atoms with van der Waals surface area (Å²) in [5.74, 6) is 0.939. The SMILES string of the molecule is COc1ccc(C2C(=O)N(C(=O)O)C3=C(NCCc4ccccc4)N2C3)cc1. The Bertz CT molecular complexity index is 924. The monoisotopic (exact) mass is 379 g/mol. The molecule has 0 aromatic heterocycles. The number of amides is 2. The highest BCUT2D eigenvalue weighted by Crippen LogP contribution is 2.41. The second-order valence-corrected chi connectivity index (χ2v) is 6.72. The second-order valence-electron chi connectivity index (χ2n) is 6.72. The maximum atomic E-state index is 12.8. The third kappa shape index (κ3) is 3.05. The predicted molar refractivity (Wildman–Crippen MR) is 102 cm³/mol. The lowest BCUT2D eigenvalue weighted by atomic mass is 9.95. The van der Waals surface area contributed by atoms with Gasteiger partial charge in [0, 0.05) is 6.54 Å². The Morgan fingerprint density at radius 1 is 1.18 bits per heavy atom. The van der Waals surface area contributed by atoms with Gasteiger partial charge in [0.2, 0.25) is 0 Å². The van der Waals surface area contributed by atoms with Crippen molar-refractivity contribution in [2.75, 3.05) is 20.2 Å². The standard InChI is InChI=1S/C21H21N3O4/c1-28-16-9-7-15(8-10-16)18-20(25)24(21(26)27)17-13-23(18)19(17)22-12-11-14-5-3-2-4-6-14/h2-10,18,22H,11-13H2,1H3,(H,26,27). The molecule has 2 amide bonds. The molecule has 0 aliphatic carbocycles. The van der Waals surface area contributed by atoms with Gasteiger partial charge >= 0.3 is 6.09 Å². The minimum atomic E-state index is -1.25. The van der Waals surface area contributed by atoms with Gasteiger partial charge in [0.1, 0.15) is 17.6 Å². The molecule has 2 aromatic carbocycles. The van der Waals surface area contributed by atoms with Gasteiger partial charge in [-0.3, -0.25) is 4.79 Å². The van der Waals surface area contributed by atoms with Gasteiger partial charge in [0.05, 0.1) is 19.4 Å². The maximum Gasteiger partial charge on any atom is 0.418 e. The molecule has 0 saturated carbocycles. The van der Waals surface area contributed by atoms with E-state index >= 15 is 0 Å². The summed E-state index contributed by atoms with van der Waals surface area (Å²) in [7, 11) is 1.58. The number of piperazine rings is 1. The lowest BCUT2D eigenvalue weighted by Crippen LogP contribution is -2.62. The number of fused-ring (bicyclic) bond motifs is 2. The first-order valence-electron chi connectivity index (χ1n) is 9.08. The Morgan fingerprint density at radius 2 is 1.89 bits per heavy atom. The van der Waals surface area contributed by atoms with Crippen LogP contribution in [0.25, 0.3) is 0 Å². The molecule has 1 saturated heterocycles. The van der Waals surface area contributed by atoms with Crippen LogP contribution in [0.2, 0.25) is 0 Å². The first-order valence-corrected chi connectivity index (χ1v) is 9.08. The van der Waals surface area contributed by atoms with E-state index in [4.69, 9.17) is 4.74 Å². The summed E-state index contributed by atoms with van der Waals surface area (Å²) in [6.07, 6.45) is -0.445. The summed E-state index contributed by atoms with van der Waals surface area (Å²) in [4.78, 5) is 27.3. The van der Waals surface area contributed by atoms with Crippen LogP contribution in [0, 0.1) is 0 Å². The van der Waals surface area contributed by atoms with Crippen LogP contribution in [0.3, 0.4) is 0 Å². The smallest absolute Gasteiger partial charge is 0.418 e. The van der Waals surface area contributed by atoms with Crippen LogP contribution in [-0.4, -0.2) is 47.1 Å². The first kappa shape index (κ1) is 17.9. The molecule has 0 radical (unpaired) electrons. The molecule has 2 bridgehead atoms. The van der Waals surface area contributed by atoms with E-state index in [0.717, 1.165) is 16.9 Å². The quantitative estimate of drug-likeness (QED) is 0.803. The van der Waals surface area contributed by atoms with Crippen molar-refractivity contribution >= 4 is 12.0 Å². The number of nitrogens with zero attached hydrogens (tertiary/aromatic N) is 2. The molecule has 2 aromatic rings. The molecule has 7 heteroatoms. The molecule has 3 aliphatic rings. The first-order chi connectivity index (χ1) is 13.6. The van der Waals surface area contributed by atoms with Crippen molar-refractivity contribution in [1.29, 1.82) is 0 Å². The number of hydrogen-bond acceptors (Lipinski definition) is 5. The largest absolute Gasteiger partial charge is 0.497 e. The van der Waals surface area contributed by atoms with Crippen molar-refractivity contribution in [3.63, 3.8) is 0 Å². The highest BCUT2D eigenvalue weighted by Gasteiger charge is 2.50. The average Bonchev–Trinajstić information content (AvgIpc) is 2.71. The van der Waals surface area contributed by atoms with Gasteiger partial charge < -0.3 is 20.1 Å². The van der Waals surface area contributed by atoms with E-state index in [1.54, 1.807) is 31.4 Å². The number of nitrogens with one attached hydrogen (secondary N) is 1. The predicted octanol–water partition coefficient (Wildman–Crippen LogP) is 2.57. The van der Waals surface area contributed by atoms with Crippen LogP contribution >= 0.6 is 0 Å². The molecule has 7 nitrogen and oxygen atoms in total. The second kappa shape index (κ2) is 7.26. The fraction of sp³-hybridized carbons (Fsp3) is 0.238.